The average molecular weight is 394 g/mol. The Labute approximate surface area is 168 Å². The van der Waals surface area contributed by atoms with Gasteiger partial charge in [0.2, 0.25) is 0 Å². The lowest BCUT2D eigenvalue weighted by atomic mass is 10.1. The number of carbonyl (C=O) groups is 1. The lowest BCUT2D eigenvalue weighted by molar-refractivity contribution is 0.0955. The molecule has 0 bridgehead atoms. The van der Waals surface area contributed by atoms with Crippen LogP contribution in [0, 0.1) is 0 Å². The lowest BCUT2D eigenvalue weighted by Crippen LogP contribution is -2.17. The normalized spacial score (nSPS) is 10.7. The minimum absolute atomic E-state index is 0.319. The van der Waals surface area contributed by atoms with E-state index in [4.69, 9.17) is 14.2 Å². The highest BCUT2D eigenvalue weighted by Gasteiger charge is 2.11. The third kappa shape index (κ3) is 4.73. The molecule has 3 aromatic rings. The molecule has 8 nitrogen and oxygen atoms in total. The van der Waals surface area contributed by atoms with Crippen LogP contribution in [-0.2, 0) is 0 Å². The lowest BCUT2D eigenvalue weighted by Gasteiger charge is -2.09. The molecule has 0 saturated heterocycles. The number of hydrogen-bond donors (Lipinski definition) is 2. The van der Waals surface area contributed by atoms with Gasteiger partial charge < -0.3 is 14.2 Å². The largest absolute Gasteiger partial charge is 0.494 e. The van der Waals surface area contributed by atoms with Crippen LogP contribution in [-0.4, -0.2) is 43.1 Å². The fraction of sp³-hybridized carbons (Fsp3) is 0.190. The van der Waals surface area contributed by atoms with Crippen molar-refractivity contribution >= 4 is 12.1 Å². The van der Waals surface area contributed by atoms with Crippen molar-refractivity contribution in [3.8, 4) is 28.5 Å². The van der Waals surface area contributed by atoms with E-state index in [0.29, 0.717) is 35.0 Å². The maximum absolute atomic E-state index is 12.2. The van der Waals surface area contributed by atoms with Crippen molar-refractivity contribution in [2.24, 2.45) is 5.10 Å². The topological polar surface area (TPSA) is 97.8 Å². The molecule has 0 aliphatic heterocycles. The van der Waals surface area contributed by atoms with Crippen LogP contribution in [0.3, 0.4) is 0 Å². The number of amides is 1. The minimum Gasteiger partial charge on any atom is -0.494 e. The van der Waals surface area contributed by atoms with Crippen molar-refractivity contribution in [1.82, 2.24) is 15.6 Å². The van der Waals surface area contributed by atoms with Gasteiger partial charge in [-0.05, 0) is 49.4 Å². The first-order chi connectivity index (χ1) is 14.2. The molecular weight excluding hydrogens is 372 g/mol. The highest BCUT2D eigenvalue weighted by molar-refractivity contribution is 5.95. The van der Waals surface area contributed by atoms with Crippen LogP contribution < -0.4 is 19.6 Å². The molecule has 8 heteroatoms. The number of carbonyl (C=O) groups excluding carboxylic acids is 1. The summed E-state index contributed by atoms with van der Waals surface area (Å²) in [7, 11) is 3.16. The highest BCUT2D eigenvalue weighted by atomic mass is 16.5. The van der Waals surface area contributed by atoms with Gasteiger partial charge >= 0.3 is 0 Å². The molecule has 0 unspecified atom stereocenters. The summed E-state index contributed by atoms with van der Waals surface area (Å²) in [5, 5.41) is 11.0. The number of nitrogens with zero attached hydrogens (tertiary/aromatic N) is 2. The number of ether oxygens (including phenoxy) is 3. The predicted octanol–water partition coefficient (Wildman–Crippen LogP) is 3.26. The van der Waals surface area contributed by atoms with E-state index >= 15 is 0 Å². The molecule has 2 aromatic carbocycles. The molecular formula is C21H22N4O4. The van der Waals surface area contributed by atoms with Crippen molar-refractivity contribution in [3.63, 3.8) is 0 Å². The van der Waals surface area contributed by atoms with E-state index in [2.05, 4.69) is 20.7 Å². The molecule has 0 saturated carbocycles. The third-order valence-electron chi connectivity index (χ3n) is 4.14. The second-order valence-corrected chi connectivity index (χ2v) is 5.93. The summed E-state index contributed by atoms with van der Waals surface area (Å²) in [4.78, 5) is 12.2. The van der Waals surface area contributed by atoms with Crippen LogP contribution >= 0.6 is 0 Å². The Hall–Kier alpha value is -3.81. The Kier molecular flexibility index (Phi) is 6.47. The van der Waals surface area contributed by atoms with E-state index in [1.807, 2.05) is 25.1 Å². The standard InChI is InChI=1S/C21H22N4O4/c1-4-29-17-8-5-14(6-9-17)21(26)25-23-13-16-12-22-24-20(16)15-7-10-18(27-2)19(11-15)28-3/h5-13H,4H2,1-3H3,(H,22,24)(H,25,26)/b23-13+. The quantitative estimate of drug-likeness (QED) is 0.451. The van der Waals surface area contributed by atoms with E-state index in [-0.39, 0.29) is 5.91 Å². The molecule has 3 rings (SSSR count). The summed E-state index contributed by atoms with van der Waals surface area (Å²) in [6.45, 7) is 2.48. The number of nitrogens with one attached hydrogen (secondary N) is 2. The van der Waals surface area contributed by atoms with Gasteiger partial charge in [0.15, 0.2) is 11.5 Å². The minimum atomic E-state index is -0.319. The van der Waals surface area contributed by atoms with Gasteiger partial charge in [-0.2, -0.15) is 10.2 Å². The molecule has 1 heterocycles. The van der Waals surface area contributed by atoms with Gasteiger partial charge in [-0.15, -0.1) is 0 Å². The molecule has 150 valence electrons. The predicted molar refractivity (Wildman–Crippen MR) is 110 cm³/mol. The zero-order valence-corrected chi connectivity index (χ0v) is 16.4. The van der Waals surface area contributed by atoms with Gasteiger partial charge in [-0.25, -0.2) is 5.43 Å². The first-order valence-corrected chi connectivity index (χ1v) is 8.98. The first kappa shape index (κ1) is 19.9. The maximum atomic E-state index is 12.2. The highest BCUT2D eigenvalue weighted by Crippen LogP contribution is 2.32. The van der Waals surface area contributed by atoms with Crippen molar-refractivity contribution in [3.05, 3.63) is 59.8 Å². The number of aromatic amines is 1. The smallest absolute Gasteiger partial charge is 0.271 e. The number of hydrogen-bond acceptors (Lipinski definition) is 6. The summed E-state index contributed by atoms with van der Waals surface area (Å²) in [5.74, 6) is 1.63. The Morgan fingerprint density at radius 1 is 1.14 bits per heavy atom. The molecule has 1 aromatic heterocycles. The SMILES string of the molecule is CCOc1ccc(C(=O)N/N=C/c2cn[nH]c2-c2ccc(OC)c(OC)c2)cc1. The summed E-state index contributed by atoms with van der Waals surface area (Å²) in [6, 6.07) is 12.4. The van der Waals surface area contributed by atoms with Gasteiger partial charge in [-0.1, -0.05) is 0 Å². The molecule has 0 fully saturated rings. The van der Waals surface area contributed by atoms with Crippen molar-refractivity contribution in [2.75, 3.05) is 20.8 Å². The number of methoxy groups -OCH3 is 2. The van der Waals surface area contributed by atoms with Crippen molar-refractivity contribution < 1.29 is 19.0 Å². The first-order valence-electron chi connectivity index (χ1n) is 8.98. The van der Waals surface area contributed by atoms with E-state index in [9.17, 15) is 4.79 Å². The van der Waals surface area contributed by atoms with Crippen LogP contribution in [0.25, 0.3) is 11.3 Å². The van der Waals surface area contributed by atoms with Gasteiger partial charge in [0.05, 0.1) is 38.9 Å². The Balaban J connectivity index is 1.71. The summed E-state index contributed by atoms with van der Waals surface area (Å²) < 4.78 is 16.0. The number of aromatic nitrogens is 2. The molecule has 0 aliphatic rings. The number of rotatable bonds is 8. The average Bonchev–Trinajstić information content (AvgIpc) is 3.22. The zero-order chi connectivity index (χ0) is 20.6. The molecule has 2 N–H and O–H groups in total. The Morgan fingerprint density at radius 2 is 1.90 bits per heavy atom. The van der Waals surface area contributed by atoms with Crippen LogP contribution in [0.15, 0.2) is 53.8 Å². The Morgan fingerprint density at radius 3 is 2.59 bits per heavy atom. The van der Waals surface area contributed by atoms with E-state index < -0.39 is 0 Å². The Bertz CT molecular complexity index is 996. The van der Waals surface area contributed by atoms with E-state index in [1.54, 1.807) is 44.7 Å². The van der Waals surface area contributed by atoms with E-state index in [1.165, 1.54) is 6.21 Å². The fourth-order valence-electron chi connectivity index (χ4n) is 2.71. The van der Waals surface area contributed by atoms with Gasteiger partial charge in [0.1, 0.15) is 5.75 Å². The van der Waals surface area contributed by atoms with E-state index in [0.717, 1.165) is 11.3 Å². The molecule has 0 radical (unpaired) electrons. The van der Waals surface area contributed by atoms with Gasteiger partial charge in [0, 0.05) is 16.7 Å². The zero-order valence-electron chi connectivity index (χ0n) is 16.4. The molecule has 0 aliphatic carbocycles. The summed E-state index contributed by atoms with van der Waals surface area (Å²) in [6.07, 6.45) is 3.15. The van der Waals surface area contributed by atoms with Crippen LogP contribution in [0.1, 0.15) is 22.8 Å². The number of H-pyrrole nitrogens is 1. The monoisotopic (exact) mass is 394 g/mol. The van der Waals surface area contributed by atoms with Crippen LogP contribution in [0.5, 0.6) is 17.2 Å². The summed E-state index contributed by atoms with van der Waals surface area (Å²) >= 11 is 0. The van der Waals surface area contributed by atoms with Crippen molar-refractivity contribution in [2.45, 2.75) is 6.92 Å². The molecule has 29 heavy (non-hydrogen) atoms. The summed E-state index contributed by atoms with van der Waals surface area (Å²) in [5.41, 5.74) is 5.30. The molecule has 0 spiro atoms. The second kappa shape index (κ2) is 9.41. The van der Waals surface area contributed by atoms with Gasteiger partial charge in [-0.3, -0.25) is 9.89 Å². The van der Waals surface area contributed by atoms with Gasteiger partial charge in [0.25, 0.3) is 5.91 Å². The molecule has 0 atom stereocenters. The third-order valence-corrected chi connectivity index (χ3v) is 4.14. The maximum Gasteiger partial charge on any atom is 0.271 e. The van der Waals surface area contributed by atoms with Crippen LogP contribution in [0.4, 0.5) is 0 Å². The van der Waals surface area contributed by atoms with Crippen LogP contribution in [0.2, 0.25) is 0 Å². The number of hydrazone groups is 1. The van der Waals surface area contributed by atoms with Crippen molar-refractivity contribution in [1.29, 1.82) is 0 Å². The molecule has 1 amide bonds. The number of benzene rings is 2. The fourth-order valence-corrected chi connectivity index (χ4v) is 2.71. The second-order valence-electron chi connectivity index (χ2n) is 5.93.